The van der Waals surface area contributed by atoms with Crippen molar-refractivity contribution < 1.29 is 13.2 Å². The van der Waals surface area contributed by atoms with Gasteiger partial charge in [-0.15, -0.1) is 11.3 Å². The van der Waals surface area contributed by atoms with Gasteiger partial charge in [0.05, 0.1) is 9.90 Å². The van der Waals surface area contributed by atoms with Gasteiger partial charge < -0.3 is 0 Å². The predicted octanol–water partition coefficient (Wildman–Crippen LogP) is 1.50. The van der Waals surface area contributed by atoms with E-state index in [1.807, 2.05) is 0 Å². The molecule has 0 fully saturated rings. The van der Waals surface area contributed by atoms with Gasteiger partial charge in [-0.1, -0.05) is 11.6 Å². The number of rotatable bonds is 2. The van der Waals surface area contributed by atoms with Crippen LogP contribution in [0.25, 0.3) is 10.4 Å². The quantitative estimate of drug-likeness (QED) is 0.495. The van der Waals surface area contributed by atoms with Crippen LogP contribution in [0.5, 0.6) is 0 Å². The Balaban J connectivity index is 3.43. The largest absolute Gasteiger partial charge is 0.287 e. The van der Waals surface area contributed by atoms with E-state index in [4.69, 9.17) is 22.3 Å². The molecule has 0 aliphatic rings. The van der Waals surface area contributed by atoms with Crippen LogP contribution in [-0.4, -0.2) is 14.3 Å². The molecule has 1 aromatic heterocycles. The standard InChI is InChI=1S/C5H3ClN4O3S2/c6-3-1-2(4(11)9-10-7)5(14-3)15(8,12)13/h1H,(H2,8,12,13). The van der Waals surface area contributed by atoms with Crippen molar-refractivity contribution in [2.75, 3.05) is 0 Å². The Morgan fingerprint density at radius 2 is 2.27 bits per heavy atom. The smallest absolute Gasteiger partial charge is 0.251 e. The van der Waals surface area contributed by atoms with E-state index in [1.165, 1.54) is 0 Å². The van der Waals surface area contributed by atoms with Crippen LogP contribution in [0, 0.1) is 0 Å². The number of nitrogens with zero attached hydrogens (tertiary/aromatic N) is 3. The number of thiophene rings is 1. The lowest BCUT2D eigenvalue weighted by molar-refractivity contribution is 0.0998. The molecule has 1 heterocycles. The number of halogens is 1. The average Bonchev–Trinajstić information content (AvgIpc) is 2.47. The Morgan fingerprint density at radius 1 is 1.67 bits per heavy atom. The van der Waals surface area contributed by atoms with E-state index in [9.17, 15) is 13.2 Å². The summed E-state index contributed by atoms with van der Waals surface area (Å²) in [5, 5.41) is 7.59. The summed E-state index contributed by atoms with van der Waals surface area (Å²) in [6.07, 6.45) is 0. The number of nitrogens with two attached hydrogens (primary N) is 1. The maximum absolute atomic E-state index is 11.1. The van der Waals surface area contributed by atoms with Gasteiger partial charge in [0, 0.05) is 4.91 Å². The van der Waals surface area contributed by atoms with Gasteiger partial charge in [0.2, 0.25) is 10.0 Å². The first kappa shape index (κ1) is 12.0. The monoisotopic (exact) mass is 266 g/mol. The molecule has 7 nitrogen and oxygen atoms in total. The summed E-state index contributed by atoms with van der Waals surface area (Å²) < 4.78 is 21.7. The fourth-order valence-electron chi connectivity index (χ4n) is 0.800. The molecule has 15 heavy (non-hydrogen) atoms. The van der Waals surface area contributed by atoms with Crippen LogP contribution in [0.2, 0.25) is 4.34 Å². The molecule has 0 aliphatic heterocycles. The zero-order chi connectivity index (χ0) is 11.6. The Labute approximate surface area is 93.1 Å². The predicted molar refractivity (Wildman–Crippen MR) is 54.2 cm³/mol. The summed E-state index contributed by atoms with van der Waals surface area (Å²) >= 11 is 6.15. The SMILES string of the molecule is [N-]=[N+]=NC(=O)c1cc(Cl)sc1S(N)(=O)=O. The molecule has 0 atom stereocenters. The van der Waals surface area contributed by atoms with Crippen molar-refractivity contribution in [1.82, 2.24) is 0 Å². The summed E-state index contributed by atoms with van der Waals surface area (Å²) in [7, 11) is -4.05. The van der Waals surface area contributed by atoms with Gasteiger partial charge in [0.25, 0.3) is 5.91 Å². The highest BCUT2D eigenvalue weighted by molar-refractivity contribution is 7.91. The van der Waals surface area contributed by atoms with Crippen LogP contribution in [0.4, 0.5) is 0 Å². The highest BCUT2D eigenvalue weighted by Crippen LogP contribution is 2.30. The molecule has 0 bridgehead atoms. The summed E-state index contributed by atoms with van der Waals surface area (Å²) in [5.74, 6) is -1.04. The Kier molecular flexibility index (Phi) is 3.32. The number of carbonyl (C=O) groups excluding carboxylic acids is 1. The molecule has 80 valence electrons. The van der Waals surface area contributed by atoms with Crippen molar-refractivity contribution in [2.24, 2.45) is 10.3 Å². The molecule has 2 N–H and O–H groups in total. The topological polar surface area (TPSA) is 126 Å². The van der Waals surface area contributed by atoms with Gasteiger partial charge in [0.15, 0.2) is 0 Å². The lowest BCUT2D eigenvalue weighted by Gasteiger charge is -1.94. The Bertz CT molecular complexity index is 557. The van der Waals surface area contributed by atoms with E-state index in [2.05, 4.69) is 10.0 Å². The first-order valence-electron chi connectivity index (χ1n) is 3.28. The van der Waals surface area contributed by atoms with Crippen molar-refractivity contribution in [1.29, 1.82) is 0 Å². The summed E-state index contributed by atoms with van der Waals surface area (Å²) in [6, 6.07) is 1.09. The van der Waals surface area contributed by atoms with E-state index in [0.717, 1.165) is 6.07 Å². The second-order valence-corrected chi connectivity index (χ2v) is 5.73. The third-order valence-corrected chi connectivity index (χ3v) is 4.03. The van der Waals surface area contributed by atoms with E-state index in [-0.39, 0.29) is 9.90 Å². The van der Waals surface area contributed by atoms with Crippen LogP contribution < -0.4 is 5.14 Å². The highest BCUT2D eigenvalue weighted by Gasteiger charge is 2.22. The summed E-state index contributed by atoms with van der Waals surface area (Å²) in [6.45, 7) is 0. The minimum absolute atomic E-state index is 0.0653. The molecule has 1 aromatic rings. The maximum atomic E-state index is 11.1. The van der Waals surface area contributed by atoms with Crippen molar-refractivity contribution in [2.45, 2.75) is 4.21 Å². The van der Waals surface area contributed by atoms with Gasteiger partial charge in [-0.05, 0) is 16.7 Å². The first-order valence-corrected chi connectivity index (χ1v) is 6.02. The second-order valence-electron chi connectivity index (χ2n) is 2.29. The van der Waals surface area contributed by atoms with Crippen molar-refractivity contribution >= 4 is 38.9 Å². The Hall–Kier alpha value is -1.12. The Morgan fingerprint density at radius 3 is 2.73 bits per heavy atom. The van der Waals surface area contributed by atoms with Crippen molar-refractivity contribution in [3.8, 4) is 0 Å². The number of hydrogen-bond acceptors (Lipinski definition) is 4. The maximum Gasteiger partial charge on any atom is 0.251 e. The normalized spacial score (nSPS) is 10.8. The third-order valence-electron chi connectivity index (χ3n) is 1.29. The fraction of sp³-hybridized carbons (Fsp3) is 0. The minimum atomic E-state index is -4.05. The first-order chi connectivity index (χ1) is 6.86. The van der Waals surface area contributed by atoms with Gasteiger partial charge in [0.1, 0.15) is 4.21 Å². The molecule has 0 saturated carbocycles. The van der Waals surface area contributed by atoms with E-state index in [0.29, 0.717) is 11.3 Å². The summed E-state index contributed by atoms with van der Waals surface area (Å²) in [4.78, 5) is 13.4. The van der Waals surface area contributed by atoms with Crippen LogP contribution in [-0.2, 0) is 10.0 Å². The number of carbonyl (C=O) groups is 1. The molecule has 10 heteroatoms. The van der Waals surface area contributed by atoms with Crippen LogP contribution >= 0.6 is 22.9 Å². The van der Waals surface area contributed by atoms with Gasteiger partial charge >= 0.3 is 0 Å². The minimum Gasteiger partial charge on any atom is -0.287 e. The number of primary sulfonamides is 1. The molecule has 0 saturated heterocycles. The van der Waals surface area contributed by atoms with Gasteiger partial charge in [-0.25, -0.2) is 13.6 Å². The van der Waals surface area contributed by atoms with Crippen molar-refractivity contribution in [3.05, 3.63) is 26.4 Å². The van der Waals surface area contributed by atoms with Gasteiger partial charge in [-0.3, -0.25) is 4.79 Å². The highest BCUT2D eigenvalue weighted by atomic mass is 35.5. The summed E-state index contributed by atoms with van der Waals surface area (Å²) in [5.41, 5.74) is 7.71. The number of amides is 1. The number of azide groups is 1. The molecule has 0 aromatic carbocycles. The molecular weight excluding hydrogens is 264 g/mol. The van der Waals surface area contributed by atoms with Gasteiger partial charge in [-0.2, -0.15) is 0 Å². The fourth-order valence-corrected chi connectivity index (χ4v) is 3.07. The molecule has 1 amide bonds. The van der Waals surface area contributed by atoms with E-state index in [1.54, 1.807) is 0 Å². The third kappa shape index (κ3) is 2.67. The zero-order valence-corrected chi connectivity index (χ0v) is 9.30. The van der Waals surface area contributed by atoms with Crippen LogP contribution in [0.1, 0.15) is 10.4 Å². The van der Waals surface area contributed by atoms with E-state index < -0.39 is 20.1 Å². The molecule has 0 unspecified atom stereocenters. The lowest BCUT2D eigenvalue weighted by Crippen LogP contribution is -2.13. The number of hydrogen-bond donors (Lipinski definition) is 1. The number of sulfonamides is 1. The second kappa shape index (κ2) is 4.17. The van der Waals surface area contributed by atoms with Crippen LogP contribution in [0.15, 0.2) is 15.4 Å². The molecule has 0 aliphatic carbocycles. The van der Waals surface area contributed by atoms with Crippen molar-refractivity contribution in [3.63, 3.8) is 0 Å². The molecule has 1 rings (SSSR count). The molecule has 0 radical (unpaired) electrons. The molecule has 0 spiro atoms. The zero-order valence-electron chi connectivity index (χ0n) is 6.92. The van der Waals surface area contributed by atoms with Crippen LogP contribution in [0.3, 0.4) is 0 Å². The lowest BCUT2D eigenvalue weighted by atomic mass is 10.3. The average molecular weight is 267 g/mol. The molecular formula is C5H3ClN4O3S2. The van der Waals surface area contributed by atoms with E-state index >= 15 is 0 Å².